The maximum atomic E-state index is 13.6. The molecule has 1 atom stereocenters. The van der Waals surface area contributed by atoms with Crippen LogP contribution in [0.5, 0.6) is 0 Å². The Bertz CT molecular complexity index is 529. The zero-order chi connectivity index (χ0) is 14.2. The normalized spacial score (nSPS) is 16.9. The van der Waals surface area contributed by atoms with Gasteiger partial charge in [0.2, 0.25) is 0 Å². The summed E-state index contributed by atoms with van der Waals surface area (Å²) in [6.07, 6.45) is 0. The molecule has 19 heavy (non-hydrogen) atoms. The van der Waals surface area contributed by atoms with Crippen molar-refractivity contribution in [2.24, 2.45) is 11.8 Å². The van der Waals surface area contributed by atoms with Crippen molar-refractivity contribution in [3.8, 4) is 0 Å². The van der Waals surface area contributed by atoms with E-state index in [2.05, 4.69) is 0 Å². The maximum absolute atomic E-state index is 13.6. The molecule has 1 aromatic carbocycles. The number of halogens is 2. The summed E-state index contributed by atoms with van der Waals surface area (Å²) in [5.74, 6) is -2.54. The number of carbonyl (C=O) groups excluding carboxylic acids is 1. The van der Waals surface area contributed by atoms with Gasteiger partial charge >= 0.3 is 5.97 Å². The number of rotatable bonds is 3. The lowest BCUT2D eigenvalue weighted by Crippen LogP contribution is -2.53. The lowest BCUT2D eigenvalue weighted by molar-refractivity contribution is -0.144. The molecule has 1 fully saturated rings. The lowest BCUT2D eigenvalue weighted by atomic mass is 9.86. The quantitative estimate of drug-likeness (QED) is 0.927. The Hall–Kier alpha value is -1.62. The van der Waals surface area contributed by atoms with Crippen LogP contribution in [0.15, 0.2) is 18.2 Å². The minimum Gasteiger partial charge on any atom is -0.481 e. The number of nitrogens with zero attached hydrogens (tertiary/aromatic N) is 1. The van der Waals surface area contributed by atoms with Gasteiger partial charge in [-0.2, -0.15) is 0 Å². The summed E-state index contributed by atoms with van der Waals surface area (Å²) < 4.78 is 13.6. The molecule has 0 radical (unpaired) electrons. The summed E-state index contributed by atoms with van der Waals surface area (Å²) in [5.41, 5.74) is -0.0363. The molecule has 1 N–H and O–H groups in total. The summed E-state index contributed by atoms with van der Waals surface area (Å²) in [5, 5.41) is 9.09. The molecule has 0 spiro atoms. The Morgan fingerprint density at radius 3 is 2.63 bits per heavy atom. The number of carbonyl (C=O) groups is 2. The fraction of sp³-hybridized carbons (Fsp3) is 0.385. The first kappa shape index (κ1) is 13.8. The van der Waals surface area contributed by atoms with Crippen molar-refractivity contribution in [2.75, 3.05) is 13.1 Å². The second kappa shape index (κ2) is 5.17. The number of hydrogen-bond acceptors (Lipinski definition) is 2. The van der Waals surface area contributed by atoms with Gasteiger partial charge in [0.15, 0.2) is 0 Å². The van der Waals surface area contributed by atoms with Crippen LogP contribution in [0, 0.1) is 17.7 Å². The minimum atomic E-state index is -0.880. The van der Waals surface area contributed by atoms with Crippen LogP contribution in [-0.4, -0.2) is 35.0 Å². The first-order valence-electron chi connectivity index (χ1n) is 5.87. The number of amides is 1. The molecule has 6 heteroatoms. The van der Waals surface area contributed by atoms with E-state index < -0.39 is 23.6 Å². The third-order valence-corrected chi connectivity index (χ3v) is 3.69. The van der Waals surface area contributed by atoms with Gasteiger partial charge < -0.3 is 10.0 Å². The van der Waals surface area contributed by atoms with Crippen molar-refractivity contribution in [3.63, 3.8) is 0 Å². The molecule has 102 valence electrons. The van der Waals surface area contributed by atoms with Crippen molar-refractivity contribution < 1.29 is 19.1 Å². The van der Waals surface area contributed by atoms with E-state index in [1.54, 1.807) is 6.92 Å². The van der Waals surface area contributed by atoms with Gasteiger partial charge in [0.1, 0.15) is 5.82 Å². The summed E-state index contributed by atoms with van der Waals surface area (Å²) in [7, 11) is 0. The number of hydrogen-bond donors (Lipinski definition) is 1. The second-order valence-electron chi connectivity index (χ2n) is 4.72. The Kier molecular flexibility index (Phi) is 3.75. The van der Waals surface area contributed by atoms with Crippen LogP contribution in [0.1, 0.15) is 17.3 Å². The molecule has 4 nitrogen and oxygen atoms in total. The zero-order valence-corrected chi connectivity index (χ0v) is 11.0. The van der Waals surface area contributed by atoms with Gasteiger partial charge in [-0.3, -0.25) is 9.59 Å². The number of likely N-dealkylation sites (tertiary alicyclic amines) is 1. The van der Waals surface area contributed by atoms with Crippen molar-refractivity contribution in [1.29, 1.82) is 0 Å². The van der Waals surface area contributed by atoms with Gasteiger partial charge in [0.25, 0.3) is 5.91 Å². The molecule has 0 saturated carbocycles. The number of carboxylic acids is 1. The smallest absolute Gasteiger partial charge is 0.306 e. The minimum absolute atomic E-state index is 0.0363. The fourth-order valence-electron chi connectivity index (χ4n) is 2.03. The molecule has 1 aliphatic heterocycles. The van der Waals surface area contributed by atoms with Gasteiger partial charge in [0.05, 0.1) is 11.5 Å². The van der Waals surface area contributed by atoms with Gasteiger partial charge in [-0.05, 0) is 18.2 Å². The third kappa shape index (κ3) is 2.71. The fourth-order valence-corrected chi connectivity index (χ4v) is 2.19. The molecule has 2 rings (SSSR count). The average Bonchev–Trinajstić information content (AvgIpc) is 2.26. The molecule has 1 heterocycles. The highest BCUT2D eigenvalue weighted by Crippen LogP contribution is 2.26. The van der Waals surface area contributed by atoms with Gasteiger partial charge in [-0.25, -0.2) is 4.39 Å². The van der Waals surface area contributed by atoms with Crippen LogP contribution in [-0.2, 0) is 4.79 Å². The van der Waals surface area contributed by atoms with Crippen molar-refractivity contribution in [2.45, 2.75) is 6.92 Å². The molecular weight excluding hydrogens is 273 g/mol. The van der Waals surface area contributed by atoms with E-state index in [0.29, 0.717) is 13.1 Å². The number of benzene rings is 1. The monoisotopic (exact) mass is 285 g/mol. The standard InChI is InChI=1S/C13H13ClFNO3/c1-7(13(18)19)8-5-16(6-8)12(17)10-3-2-9(14)4-11(10)15/h2-4,7-8H,5-6H2,1H3,(H,18,19). The first-order chi connectivity index (χ1) is 8.90. The topological polar surface area (TPSA) is 57.6 Å². The number of aliphatic carboxylic acids is 1. The van der Waals surface area contributed by atoms with Crippen molar-refractivity contribution in [1.82, 2.24) is 4.90 Å². The van der Waals surface area contributed by atoms with Crippen LogP contribution < -0.4 is 0 Å². The van der Waals surface area contributed by atoms with E-state index >= 15 is 0 Å². The highest BCUT2D eigenvalue weighted by molar-refractivity contribution is 6.30. The molecule has 1 amide bonds. The van der Waals surface area contributed by atoms with Crippen molar-refractivity contribution >= 4 is 23.5 Å². The Morgan fingerprint density at radius 2 is 2.11 bits per heavy atom. The molecule has 1 aromatic rings. The molecule has 1 saturated heterocycles. The maximum Gasteiger partial charge on any atom is 0.306 e. The molecule has 0 bridgehead atoms. The SMILES string of the molecule is CC(C(=O)O)C1CN(C(=O)c2ccc(Cl)cc2F)C1. The van der Waals surface area contributed by atoms with E-state index in [4.69, 9.17) is 16.7 Å². The Morgan fingerprint density at radius 1 is 1.47 bits per heavy atom. The second-order valence-corrected chi connectivity index (χ2v) is 5.16. The Labute approximate surface area is 114 Å². The highest BCUT2D eigenvalue weighted by Gasteiger charge is 2.37. The molecule has 1 unspecified atom stereocenters. The lowest BCUT2D eigenvalue weighted by Gasteiger charge is -2.41. The van der Waals surface area contributed by atoms with Crippen LogP contribution in [0.3, 0.4) is 0 Å². The highest BCUT2D eigenvalue weighted by atomic mass is 35.5. The summed E-state index contributed by atoms with van der Waals surface area (Å²) in [4.78, 5) is 24.2. The largest absolute Gasteiger partial charge is 0.481 e. The van der Waals surface area contributed by atoms with Gasteiger partial charge in [-0.15, -0.1) is 0 Å². The van der Waals surface area contributed by atoms with Crippen LogP contribution in [0.25, 0.3) is 0 Å². The predicted molar refractivity (Wildman–Crippen MR) is 67.6 cm³/mol. The number of carboxylic acid groups (broad SMARTS) is 1. The third-order valence-electron chi connectivity index (χ3n) is 3.46. The molecule has 0 aromatic heterocycles. The van der Waals surface area contributed by atoms with E-state index in [0.717, 1.165) is 6.07 Å². The summed E-state index contributed by atoms with van der Waals surface area (Å²) in [6.45, 7) is 2.29. The molecule has 0 aliphatic carbocycles. The van der Waals surface area contributed by atoms with E-state index in [1.165, 1.54) is 17.0 Å². The summed E-state index contributed by atoms with van der Waals surface area (Å²) >= 11 is 5.62. The average molecular weight is 286 g/mol. The van der Waals surface area contributed by atoms with E-state index in [1.807, 2.05) is 0 Å². The van der Waals surface area contributed by atoms with E-state index in [-0.39, 0.29) is 16.5 Å². The van der Waals surface area contributed by atoms with Gasteiger partial charge in [0, 0.05) is 24.0 Å². The predicted octanol–water partition coefficient (Wildman–Crippen LogP) is 2.27. The summed E-state index contributed by atoms with van der Waals surface area (Å²) in [6, 6.07) is 3.88. The zero-order valence-electron chi connectivity index (χ0n) is 10.3. The van der Waals surface area contributed by atoms with Crippen LogP contribution >= 0.6 is 11.6 Å². The van der Waals surface area contributed by atoms with Crippen LogP contribution in [0.4, 0.5) is 4.39 Å². The van der Waals surface area contributed by atoms with Crippen molar-refractivity contribution in [3.05, 3.63) is 34.6 Å². The van der Waals surface area contributed by atoms with E-state index in [9.17, 15) is 14.0 Å². The van der Waals surface area contributed by atoms with Crippen LogP contribution in [0.2, 0.25) is 5.02 Å². The first-order valence-corrected chi connectivity index (χ1v) is 6.25. The Balaban J connectivity index is 2.02. The van der Waals surface area contributed by atoms with Gasteiger partial charge in [-0.1, -0.05) is 18.5 Å². The molecular formula is C13H13ClFNO3. The molecule has 1 aliphatic rings.